The Bertz CT molecular complexity index is 1160. The first-order valence-electron chi connectivity index (χ1n) is 8.19. The second kappa shape index (κ2) is 7.87. The van der Waals surface area contributed by atoms with Gasteiger partial charge < -0.3 is 10.1 Å². The van der Waals surface area contributed by atoms with Crippen molar-refractivity contribution in [3.8, 4) is 5.75 Å². The third kappa shape index (κ3) is 4.35. The number of halogens is 2. The Morgan fingerprint density at radius 2 is 1.83 bits per heavy atom. The van der Waals surface area contributed by atoms with Crippen LogP contribution in [0.5, 0.6) is 5.75 Å². The Kier molecular flexibility index (Phi) is 5.50. The number of aromatic amines is 1. The zero-order chi connectivity index (χ0) is 21.2. The van der Waals surface area contributed by atoms with Crippen molar-refractivity contribution in [2.24, 2.45) is 0 Å². The van der Waals surface area contributed by atoms with Gasteiger partial charge in [0.15, 0.2) is 0 Å². The number of hydrogen-bond donors (Lipinski definition) is 3. The molecule has 3 rings (SSSR count). The second-order valence-electron chi connectivity index (χ2n) is 5.94. The smallest absolute Gasteiger partial charge is 0.282 e. The van der Waals surface area contributed by atoms with E-state index in [1.807, 2.05) is 0 Å². The molecule has 0 aliphatic rings. The van der Waals surface area contributed by atoms with Crippen molar-refractivity contribution in [1.29, 1.82) is 0 Å². The SMILES string of the molecule is COc1ccc(NS(=O)(=O)c2n[nH]c(C)c2C(=O)Nc2ccc(F)cc2F)cc1. The topological polar surface area (TPSA) is 113 Å². The summed E-state index contributed by atoms with van der Waals surface area (Å²) in [6, 6.07) is 8.65. The number of carbonyl (C=O) groups is 1. The standard InChI is InChI=1S/C18H16F2N4O4S/c1-10-16(17(25)21-15-8-3-11(19)9-14(15)20)18(23-22-10)29(26,27)24-12-4-6-13(28-2)7-5-12/h3-9,24H,1-2H3,(H,21,25)(H,22,23). The van der Waals surface area contributed by atoms with Crippen LogP contribution in [0.25, 0.3) is 0 Å². The summed E-state index contributed by atoms with van der Waals surface area (Å²) in [7, 11) is -2.77. The maximum Gasteiger partial charge on any atom is 0.282 e. The van der Waals surface area contributed by atoms with E-state index in [1.54, 1.807) is 12.1 Å². The number of nitrogens with zero attached hydrogens (tertiary/aromatic N) is 1. The van der Waals surface area contributed by atoms with E-state index >= 15 is 0 Å². The van der Waals surface area contributed by atoms with Crippen molar-refractivity contribution < 1.29 is 26.7 Å². The maximum absolute atomic E-state index is 13.8. The van der Waals surface area contributed by atoms with Gasteiger partial charge in [-0.3, -0.25) is 14.6 Å². The van der Waals surface area contributed by atoms with Crippen molar-refractivity contribution in [2.45, 2.75) is 11.9 Å². The highest BCUT2D eigenvalue weighted by atomic mass is 32.2. The predicted molar refractivity (Wildman–Crippen MR) is 101 cm³/mol. The average Bonchev–Trinajstić information content (AvgIpc) is 3.07. The number of carbonyl (C=O) groups excluding carboxylic acids is 1. The van der Waals surface area contributed by atoms with Crippen LogP contribution < -0.4 is 14.8 Å². The molecule has 0 atom stereocenters. The third-order valence-electron chi connectivity index (χ3n) is 3.92. The molecule has 0 saturated heterocycles. The number of sulfonamides is 1. The molecule has 2 aromatic carbocycles. The Hall–Kier alpha value is -3.47. The molecule has 1 amide bonds. The average molecular weight is 422 g/mol. The van der Waals surface area contributed by atoms with Crippen molar-refractivity contribution in [1.82, 2.24) is 10.2 Å². The van der Waals surface area contributed by atoms with E-state index in [-0.39, 0.29) is 22.6 Å². The van der Waals surface area contributed by atoms with Crippen LogP contribution in [0.4, 0.5) is 20.2 Å². The molecule has 0 bridgehead atoms. The largest absolute Gasteiger partial charge is 0.497 e. The van der Waals surface area contributed by atoms with Crippen LogP contribution in [-0.2, 0) is 10.0 Å². The van der Waals surface area contributed by atoms with E-state index < -0.39 is 32.6 Å². The minimum absolute atomic E-state index is 0.153. The normalized spacial score (nSPS) is 11.2. The van der Waals surface area contributed by atoms with Gasteiger partial charge in [-0.15, -0.1) is 0 Å². The van der Waals surface area contributed by atoms with Gasteiger partial charge in [-0.2, -0.15) is 13.5 Å². The fourth-order valence-electron chi connectivity index (χ4n) is 2.51. The molecule has 0 spiro atoms. The Balaban J connectivity index is 1.90. The molecule has 29 heavy (non-hydrogen) atoms. The van der Waals surface area contributed by atoms with Gasteiger partial charge in [0.25, 0.3) is 15.9 Å². The highest BCUT2D eigenvalue weighted by Gasteiger charge is 2.29. The zero-order valence-electron chi connectivity index (χ0n) is 15.3. The number of amides is 1. The molecule has 11 heteroatoms. The molecule has 0 radical (unpaired) electrons. The molecular formula is C18H16F2N4O4S. The molecular weight excluding hydrogens is 406 g/mol. The van der Waals surface area contributed by atoms with E-state index in [9.17, 15) is 22.0 Å². The minimum atomic E-state index is -4.24. The van der Waals surface area contributed by atoms with E-state index in [2.05, 4.69) is 20.2 Å². The van der Waals surface area contributed by atoms with Crippen molar-refractivity contribution >= 4 is 27.3 Å². The van der Waals surface area contributed by atoms with E-state index in [1.165, 1.54) is 26.2 Å². The van der Waals surface area contributed by atoms with Crippen molar-refractivity contribution in [3.63, 3.8) is 0 Å². The summed E-state index contributed by atoms with van der Waals surface area (Å²) >= 11 is 0. The quantitative estimate of drug-likeness (QED) is 0.565. The summed E-state index contributed by atoms with van der Waals surface area (Å²) in [4.78, 5) is 12.6. The van der Waals surface area contributed by atoms with Gasteiger partial charge in [0.2, 0.25) is 5.03 Å². The van der Waals surface area contributed by atoms with Crippen LogP contribution in [0.15, 0.2) is 47.5 Å². The number of nitrogens with one attached hydrogen (secondary N) is 3. The lowest BCUT2D eigenvalue weighted by Crippen LogP contribution is -2.20. The Labute approximate surface area is 165 Å². The summed E-state index contributed by atoms with van der Waals surface area (Å²) in [6.07, 6.45) is 0. The number of aryl methyl sites for hydroxylation is 1. The van der Waals surface area contributed by atoms with Crippen molar-refractivity contribution in [3.05, 3.63) is 65.4 Å². The lowest BCUT2D eigenvalue weighted by molar-refractivity contribution is 0.102. The molecule has 1 heterocycles. The summed E-state index contributed by atoms with van der Waals surface area (Å²) in [5.41, 5.74) is -0.222. The van der Waals surface area contributed by atoms with E-state index in [4.69, 9.17) is 4.74 Å². The highest BCUT2D eigenvalue weighted by molar-refractivity contribution is 7.92. The Morgan fingerprint density at radius 1 is 1.14 bits per heavy atom. The van der Waals surface area contributed by atoms with Crippen LogP contribution in [0, 0.1) is 18.6 Å². The van der Waals surface area contributed by atoms with Crippen LogP contribution in [-0.4, -0.2) is 31.6 Å². The molecule has 8 nitrogen and oxygen atoms in total. The molecule has 0 fully saturated rings. The lowest BCUT2D eigenvalue weighted by Gasteiger charge is -2.10. The first-order chi connectivity index (χ1) is 13.7. The molecule has 0 aliphatic heterocycles. The Morgan fingerprint density at radius 3 is 2.45 bits per heavy atom. The van der Waals surface area contributed by atoms with Gasteiger partial charge in [0.05, 0.1) is 12.8 Å². The molecule has 0 saturated carbocycles. The molecule has 152 valence electrons. The van der Waals surface area contributed by atoms with Gasteiger partial charge in [-0.1, -0.05) is 0 Å². The number of anilines is 2. The van der Waals surface area contributed by atoms with Crippen LogP contribution >= 0.6 is 0 Å². The van der Waals surface area contributed by atoms with Gasteiger partial charge in [0, 0.05) is 17.4 Å². The van der Waals surface area contributed by atoms with Gasteiger partial charge >= 0.3 is 0 Å². The van der Waals surface area contributed by atoms with Crippen LogP contribution in [0.2, 0.25) is 0 Å². The van der Waals surface area contributed by atoms with E-state index in [0.717, 1.165) is 12.1 Å². The monoisotopic (exact) mass is 422 g/mol. The first kappa shape index (κ1) is 20.3. The summed E-state index contributed by atoms with van der Waals surface area (Å²) in [5.74, 6) is -2.20. The first-order valence-corrected chi connectivity index (χ1v) is 9.68. The van der Waals surface area contributed by atoms with Crippen LogP contribution in [0.3, 0.4) is 0 Å². The summed E-state index contributed by atoms with van der Waals surface area (Å²) in [5, 5.41) is 7.79. The van der Waals surface area contributed by atoms with Crippen LogP contribution in [0.1, 0.15) is 16.1 Å². The van der Waals surface area contributed by atoms with Crippen molar-refractivity contribution in [2.75, 3.05) is 17.1 Å². The number of rotatable bonds is 6. The maximum atomic E-state index is 13.8. The zero-order valence-corrected chi connectivity index (χ0v) is 16.1. The number of hydrogen-bond acceptors (Lipinski definition) is 5. The molecule has 3 aromatic rings. The number of ether oxygens (including phenoxy) is 1. The fourth-order valence-corrected chi connectivity index (χ4v) is 3.73. The predicted octanol–water partition coefficient (Wildman–Crippen LogP) is 3.06. The minimum Gasteiger partial charge on any atom is -0.497 e. The molecule has 1 aromatic heterocycles. The van der Waals surface area contributed by atoms with Gasteiger partial charge in [-0.05, 0) is 43.3 Å². The number of H-pyrrole nitrogens is 1. The summed E-state index contributed by atoms with van der Waals surface area (Å²) < 4.78 is 59.6. The lowest BCUT2D eigenvalue weighted by atomic mass is 10.2. The van der Waals surface area contributed by atoms with Gasteiger partial charge in [-0.25, -0.2) is 8.78 Å². The van der Waals surface area contributed by atoms with Gasteiger partial charge in [0.1, 0.15) is 22.9 Å². The number of aromatic nitrogens is 2. The second-order valence-corrected chi connectivity index (χ2v) is 7.54. The summed E-state index contributed by atoms with van der Waals surface area (Å²) in [6.45, 7) is 1.44. The third-order valence-corrected chi connectivity index (χ3v) is 5.23. The fraction of sp³-hybridized carbons (Fsp3) is 0.111. The molecule has 0 unspecified atom stereocenters. The molecule has 0 aliphatic carbocycles. The number of benzene rings is 2. The van der Waals surface area contributed by atoms with E-state index in [0.29, 0.717) is 11.8 Å². The number of methoxy groups -OCH3 is 1. The molecule has 3 N–H and O–H groups in total. The highest BCUT2D eigenvalue weighted by Crippen LogP contribution is 2.23.